The third-order valence-corrected chi connectivity index (χ3v) is 8.65. The minimum Gasteiger partial charge on any atom is -0.484 e. The Morgan fingerprint density at radius 2 is 1.43 bits per heavy atom. The lowest BCUT2D eigenvalue weighted by molar-refractivity contribution is -0.142. The van der Waals surface area contributed by atoms with Crippen LogP contribution < -0.4 is 14.8 Å². The van der Waals surface area contributed by atoms with Gasteiger partial charge >= 0.3 is 0 Å². The highest BCUT2D eigenvalue weighted by Gasteiger charge is 2.30. The van der Waals surface area contributed by atoms with Crippen LogP contribution in [0, 0.1) is 5.82 Å². The molecule has 240 valence electrons. The lowest BCUT2D eigenvalue weighted by Gasteiger charge is -2.31. The Morgan fingerprint density at radius 3 is 2.06 bits per heavy atom. The van der Waals surface area contributed by atoms with Gasteiger partial charge in [-0.05, 0) is 71.3 Å². The van der Waals surface area contributed by atoms with Gasteiger partial charge in [0.25, 0.3) is 15.9 Å². The van der Waals surface area contributed by atoms with Gasteiger partial charge in [0, 0.05) is 37.6 Å². The fourth-order valence-corrected chi connectivity index (χ4v) is 5.88. The standard InChI is InChI=1S/C36H33FN4O5S/c37-30-13-15-31(16-14-30)40-47(44,45)33-19-17-32(18-20-33)46-26-35(42)41(25-28-10-5-2-6-11-28)34(22-27-8-3-1-4-9-27)36(43)39-24-29-12-7-21-38-23-29/h1-21,23,34,40H,22,24-26H2,(H,39,43). The number of halogens is 1. The fraction of sp³-hybridized carbons (Fsp3) is 0.139. The van der Waals surface area contributed by atoms with Gasteiger partial charge in [0.05, 0.1) is 4.90 Å². The second-order valence-corrected chi connectivity index (χ2v) is 12.3. The summed E-state index contributed by atoms with van der Waals surface area (Å²) < 4.78 is 47.0. The molecule has 47 heavy (non-hydrogen) atoms. The van der Waals surface area contributed by atoms with Crippen molar-refractivity contribution < 1.29 is 27.1 Å². The highest BCUT2D eigenvalue weighted by molar-refractivity contribution is 7.92. The zero-order chi connectivity index (χ0) is 33.1. The van der Waals surface area contributed by atoms with Gasteiger partial charge in [0.2, 0.25) is 5.91 Å². The van der Waals surface area contributed by atoms with Crippen LogP contribution in [-0.2, 0) is 39.1 Å². The molecule has 1 unspecified atom stereocenters. The van der Waals surface area contributed by atoms with Gasteiger partial charge in [0.15, 0.2) is 6.61 Å². The highest BCUT2D eigenvalue weighted by atomic mass is 32.2. The van der Waals surface area contributed by atoms with Crippen molar-refractivity contribution in [1.29, 1.82) is 0 Å². The largest absolute Gasteiger partial charge is 0.484 e. The van der Waals surface area contributed by atoms with Crippen molar-refractivity contribution in [2.75, 3.05) is 11.3 Å². The molecule has 0 saturated heterocycles. The molecule has 1 atom stereocenters. The summed E-state index contributed by atoms with van der Waals surface area (Å²) in [6, 6.07) is 32.1. The lowest BCUT2D eigenvalue weighted by Crippen LogP contribution is -2.51. The molecule has 9 nitrogen and oxygen atoms in total. The van der Waals surface area contributed by atoms with Gasteiger partial charge in [-0.15, -0.1) is 0 Å². The smallest absolute Gasteiger partial charge is 0.261 e. The molecule has 2 N–H and O–H groups in total. The molecule has 5 rings (SSSR count). The molecular weight excluding hydrogens is 619 g/mol. The van der Waals surface area contributed by atoms with Crippen LogP contribution in [0.5, 0.6) is 5.75 Å². The van der Waals surface area contributed by atoms with E-state index in [1.165, 1.54) is 41.3 Å². The molecule has 4 aromatic carbocycles. The summed E-state index contributed by atoms with van der Waals surface area (Å²) in [6.07, 6.45) is 3.59. The van der Waals surface area contributed by atoms with Crippen molar-refractivity contribution in [1.82, 2.24) is 15.2 Å². The summed E-state index contributed by atoms with van der Waals surface area (Å²) in [4.78, 5) is 33.2. The number of ether oxygens (including phenoxy) is 1. The molecule has 5 aromatic rings. The number of anilines is 1. The minimum absolute atomic E-state index is 0.0422. The number of sulfonamides is 1. The summed E-state index contributed by atoms with van der Waals surface area (Å²) in [6.45, 7) is 0.00806. The van der Waals surface area contributed by atoms with Crippen molar-refractivity contribution in [2.45, 2.75) is 30.4 Å². The summed E-state index contributed by atoms with van der Waals surface area (Å²) in [7, 11) is -3.95. The predicted octanol–water partition coefficient (Wildman–Crippen LogP) is 5.36. The molecule has 0 spiro atoms. The number of benzene rings is 4. The number of hydrogen-bond donors (Lipinski definition) is 2. The summed E-state index contributed by atoms with van der Waals surface area (Å²) >= 11 is 0. The van der Waals surface area contributed by atoms with Gasteiger partial charge in [-0.1, -0.05) is 66.7 Å². The zero-order valence-corrected chi connectivity index (χ0v) is 26.1. The molecule has 0 saturated carbocycles. The van der Waals surface area contributed by atoms with Crippen molar-refractivity contribution in [3.05, 3.63) is 156 Å². The first-order valence-electron chi connectivity index (χ1n) is 14.8. The van der Waals surface area contributed by atoms with Crippen molar-refractivity contribution in [3.63, 3.8) is 0 Å². The summed E-state index contributed by atoms with van der Waals surface area (Å²) in [5, 5.41) is 2.96. The van der Waals surface area contributed by atoms with Gasteiger partial charge in [-0.2, -0.15) is 0 Å². The normalized spacial score (nSPS) is 11.7. The first-order chi connectivity index (χ1) is 22.8. The molecule has 2 amide bonds. The Morgan fingerprint density at radius 1 is 0.787 bits per heavy atom. The molecule has 1 heterocycles. The second-order valence-electron chi connectivity index (χ2n) is 10.7. The van der Waals surface area contributed by atoms with E-state index < -0.39 is 34.4 Å². The molecule has 1 aromatic heterocycles. The third-order valence-electron chi connectivity index (χ3n) is 7.25. The fourth-order valence-electron chi connectivity index (χ4n) is 4.82. The monoisotopic (exact) mass is 652 g/mol. The van der Waals surface area contributed by atoms with E-state index in [2.05, 4.69) is 15.0 Å². The van der Waals surface area contributed by atoms with Crippen LogP contribution in [0.1, 0.15) is 16.7 Å². The van der Waals surface area contributed by atoms with Crippen LogP contribution in [0.25, 0.3) is 0 Å². The van der Waals surface area contributed by atoms with E-state index in [-0.39, 0.29) is 41.7 Å². The molecule has 0 fully saturated rings. The number of nitrogens with one attached hydrogen (secondary N) is 2. The number of hydrogen-bond acceptors (Lipinski definition) is 6. The van der Waals surface area contributed by atoms with Crippen LogP contribution >= 0.6 is 0 Å². The van der Waals surface area contributed by atoms with Gasteiger partial charge in [0.1, 0.15) is 17.6 Å². The van der Waals surface area contributed by atoms with Gasteiger partial charge in [-0.3, -0.25) is 19.3 Å². The Labute approximate surface area is 273 Å². The Hall–Kier alpha value is -5.55. The second kappa shape index (κ2) is 15.6. The maximum Gasteiger partial charge on any atom is 0.261 e. The quantitative estimate of drug-likeness (QED) is 0.167. The van der Waals surface area contributed by atoms with E-state index in [1.54, 1.807) is 18.5 Å². The number of amides is 2. The van der Waals surface area contributed by atoms with Crippen LogP contribution in [-0.4, -0.2) is 42.8 Å². The van der Waals surface area contributed by atoms with E-state index in [4.69, 9.17) is 4.74 Å². The topological polar surface area (TPSA) is 118 Å². The van der Waals surface area contributed by atoms with Crippen molar-refractivity contribution in [2.24, 2.45) is 0 Å². The Bertz CT molecular complexity index is 1860. The van der Waals surface area contributed by atoms with Crippen molar-refractivity contribution in [3.8, 4) is 5.75 Å². The Kier molecular flexibility index (Phi) is 10.9. The zero-order valence-electron chi connectivity index (χ0n) is 25.3. The van der Waals surface area contributed by atoms with Crippen LogP contribution in [0.2, 0.25) is 0 Å². The summed E-state index contributed by atoms with van der Waals surface area (Å²) in [5.41, 5.74) is 2.75. The van der Waals surface area contributed by atoms with Crippen LogP contribution in [0.15, 0.2) is 139 Å². The maximum absolute atomic E-state index is 13.9. The highest BCUT2D eigenvalue weighted by Crippen LogP contribution is 2.21. The number of rotatable bonds is 14. The minimum atomic E-state index is -3.95. The third kappa shape index (κ3) is 9.47. The first kappa shape index (κ1) is 32.8. The average molecular weight is 653 g/mol. The van der Waals surface area contributed by atoms with E-state index in [0.29, 0.717) is 0 Å². The molecule has 0 aliphatic heterocycles. The van der Waals surface area contributed by atoms with Gasteiger partial charge < -0.3 is 15.0 Å². The molecule has 0 bridgehead atoms. The number of nitrogens with zero attached hydrogens (tertiary/aromatic N) is 2. The molecular formula is C36H33FN4O5S. The van der Waals surface area contributed by atoms with E-state index in [0.717, 1.165) is 28.8 Å². The molecule has 11 heteroatoms. The first-order valence-corrected chi connectivity index (χ1v) is 16.3. The van der Waals surface area contributed by atoms with E-state index in [1.807, 2.05) is 66.7 Å². The molecule has 0 aliphatic rings. The maximum atomic E-state index is 13.9. The Balaban J connectivity index is 1.33. The van der Waals surface area contributed by atoms with Crippen LogP contribution in [0.3, 0.4) is 0 Å². The SMILES string of the molecule is O=C(NCc1cccnc1)C(Cc1ccccc1)N(Cc1ccccc1)C(=O)COc1ccc(S(=O)(=O)Nc2ccc(F)cc2)cc1. The predicted molar refractivity (Wildman–Crippen MR) is 176 cm³/mol. The lowest BCUT2D eigenvalue weighted by atomic mass is 10.0. The summed E-state index contributed by atoms with van der Waals surface area (Å²) in [5.74, 6) is -0.978. The van der Waals surface area contributed by atoms with E-state index >= 15 is 0 Å². The van der Waals surface area contributed by atoms with Crippen LogP contribution in [0.4, 0.5) is 10.1 Å². The number of carbonyl (C=O) groups is 2. The number of pyridine rings is 1. The van der Waals surface area contributed by atoms with Crippen molar-refractivity contribution >= 4 is 27.5 Å². The molecule has 0 aliphatic carbocycles. The molecule has 0 radical (unpaired) electrons. The van der Waals surface area contributed by atoms with Gasteiger partial charge in [-0.25, -0.2) is 12.8 Å². The average Bonchev–Trinajstić information content (AvgIpc) is 3.10. The number of carbonyl (C=O) groups excluding carboxylic acids is 2. The van der Waals surface area contributed by atoms with E-state index in [9.17, 15) is 22.4 Å². The number of aromatic nitrogens is 1.